The molecule has 0 unspecified atom stereocenters. The van der Waals surface area contributed by atoms with Gasteiger partial charge in [-0.1, -0.05) is 139 Å². The number of benzene rings is 5. The average Bonchev–Trinajstić information content (AvgIpc) is 3.23. The van der Waals surface area contributed by atoms with Crippen LogP contribution >= 0.6 is 0 Å². The lowest BCUT2D eigenvalue weighted by molar-refractivity contribution is -0.287. The van der Waals surface area contributed by atoms with E-state index in [0.717, 1.165) is 27.8 Å². The first-order valence-electron chi connectivity index (χ1n) is 18.5. The maximum Gasteiger partial charge on any atom is 0.426 e. The Morgan fingerprint density at radius 1 is 0.625 bits per heavy atom. The number of sulfonamides is 1. The van der Waals surface area contributed by atoms with Crippen LogP contribution in [-0.2, 0) is 64.9 Å². The van der Waals surface area contributed by atoms with Gasteiger partial charge in [0.05, 0.1) is 44.5 Å². The van der Waals surface area contributed by atoms with E-state index in [1.165, 1.54) is 12.1 Å². The highest BCUT2D eigenvalue weighted by Crippen LogP contribution is 2.35. The molecule has 5 aromatic carbocycles. The van der Waals surface area contributed by atoms with Gasteiger partial charge in [0, 0.05) is 0 Å². The molecule has 1 amide bonds. The summed E-state index contributed by atoms with van der Waals surface area (Å²) in [6.45, 7) is 1.28. The van der Waals surface area contributed by atoms with Gasteiger partial charge in [0.15, 0.2) is 6.23 Å². The zero-order chi connectivity index (χ0) is 39.2. The molecule has 1 heterocycles. The van der Waals surface area contributed by atoms with Crippen LogP contribution in [0.2, 0.25) is 0 Å². The third-order valence-corrected chi connectivity index (χ3v) is 10.9. The van der Waals surface area contributed by atoms with E-state index in [2.05, 4.69) is 0 Å². The first-order valence-corrected chi connectivity index (χ1v) is 19.9. The minimum Gasteiger partial charge on any atom is -0.446 e. The number of aliphatic hydroxyl groups excluding tert-OH is 1. The molecule has 6 rings (SSSR count). The van der Waals surface area contributed by atoms with Gasteiger partial charge in [-0.05, 0) is 41.3 Å². The Bertz CT molecular complexity index is 2020. The first-order chi connectivity index (χ1) is 27.3. The molecule has 5 atom stereocenters. The second kappa shape index (κ2) is 20.3. The molecule has 1 N–H and O–H groups in total. The molecule has 294 valence electrons. The standard InChI is InChI=1S/C44H47NO10S/c1-33-22-24-38(25-23-33)56(48,49)45(44(47)51-27-26-46)43-42(54-31-37-20-12-5-13-21-37)41(53-30-36-18-10-4-11-19-36)40(52-29-35-16-8-3-9-17-35)39(55-43)32-50-28-34-14-6-2-7-15-34/h2-25,39-43,46H,26-32H2,1H3/t39-,40-,41+,42-,43-/m1/s1. The van der Waals surface area contributed by atoms with E-state index in [1.807, 2.05) is 128 Å². The highest BCUT2D eigenvalue weighted by Gasteiger charge is 2.54. The zero-order valence-electron chi connectivity index (χ0n) is 31.2. The Labute approximate surface area is 328 Å². The molecule has 11 nitrogen and oxygen atoms in total. The number of rotatable bonds is 18. The molecule has 0 aromatic heterocycles. The normalized spacial score (nSPS) is 19.6. The number of aryl methyl sites for hydroxylation is 1. The van der Waals surface area contributed by atoms with Crippen LogP contribution in [0.4, 0.5) is 4.79 Å². The number of carbonyl (C=O) groups is 1. The Morgan fingerprint density at radius 3 is 1.55 bits per heavy atom. The number of hydrogen-bond acceptors (Lipinski definition) is 10. The van der Waals surface area contributed by atoms with Crippen LogP contribution < -0.4 is 0 Å². The minimum absolute atomic E-state index is 0.0151. The second-order valence-electron chi connectivity index (χ2n) is 13.3. The molecule has 0 bridgehead atoms. The summed E-state index contributed by atoms with van der Waals surface area (Å²) >= 11 is 0. The Balaban J connectivity index is 1.45. The monoisotopic (exact) mass is 781 g/mol. The fraction of sp³-hybridized carbons (Fsp3) is 0.295. The molecule has 56 heavy (non-hydrogen) atoms. The van der Waals surface area contributed by atoms with Crippen LogP contribution in [0.3, 0.4) is 0 Å². The average molecular weight is 782 g/mol. The van der Waals surface area contributed by atoms with Gasteiger partial charge >= 0.3 is 6.09 Å². The van der Waals surface area contributed by atoms with Gasteiger partial charge in [0.2, 0.25) is 0 Å². The van der Waals surface area contributed by atoms with Gasteiger partial charge < -0.3 is 33.5 Å². The number of amides is 1. The fourth-order valence-electron chi connectivity index (χ4n) is 6.31. The van der Waals surface area contributed by atoms with E-state index in [4.69, 9.17) is 28.4 Å². The summed E-state index contributed by atoms with van der Waals surface area (Å²) in [5.74, 6) is 0. The van der Waals surface area contributed by atoms with Gasteiger partial charge in [-0.25, -0.2) is 13.2 Å². The number of carbonyl (C=O) groups excluding carboxylic acids is 1. The molecule has 5 aromatic rings. The lowest BCUT2D eigenvalue weighted by Crippen LogP contribution is -2.66. The van der Waals surface area contributed by atoms with Crippen molar-refractivity contribution < 1.29 is 46.7 Å². The third-order valence-electron chi connectivity index (χ3n) is 9.16. The van der Waals surface area contributed by atoms with Crippen molar-refractivity contribution in [1.29, 1.82) is 0 Å². The van der Waals surface area contributed by atoms with Crippen LogP contribution in [0.1, 0.15) is 27.8 Å². The Morgan fingerprint density at radius 2 is 1.07 bits per heavy atom. The number of nitrogens with zero attached hydrogens (tertiary/aromatic N) is 1. The summed E-state index contributed by atoms with van der Waals surface area (Å²) in [4.78, 5) is 13.9. The van der Waals surface area contributed by atoms with E-state index >= 15 is 0 Å². The van der Waals surface area contributed by atoms with Crippen molar-refractivity contribution in [2.45, 2.75) is 68.9 Å². The topological polar surface area (TPSA) is 130 Å². The molecule has 0 spiro atoms. The van der Waals surface area contributed by atoms with Crippen molar-refractivity contribution in [2.75, 3.05) is 19.8 Å². The lowest BCUT2D eigenvalue weighted by atomic mass is 9.97. The van der Waals surface area contributed by atoms with Crippen LogP contribution in [0.5, 0.6) is 0 Å². The molecule has 1 aliphatic rings. The van der Waals surface area contributed by atoms with Crippen LogP contribution in [0.25, 0.3) is 0 Å². The van der Waals surface area contributed by atoms with Crippen molar-refractivity contribution in [1.82, 2.24) is 4.31 Å². The van der Waals surface area contributed by atoms with Crippen LogP contribution in [-0.4, -0.2) is 74.4 Å². The minimum atomic E-state index is -4.68. The molecule has 12 heteroatoms. The molecule has 1 fully saturated rings. The summed E-state index contributed by atoms with van der Waals surface area (Å²) in [7, 11) is -4.68. The molecule has 0 radical (unpaired) electrons. The number of ether oxygens (including phenoxy) is 6. The maximum absolute atomic E-state index is 14.7. The fourth-order valence-corrected chi connectivity index (χ4v) is 7.71. The molecular formula is C44H47NO10S. The number of aliphatic hydroxyl groups is 1. The highest BCUT2D eigenvalue weighted by molar-refractivity contribution is 7.89. The van der Waals surface area contributed by atoms with Gasteiger partial charge in [-0.3, -0.25) is 0 Å². The smallest absolute Gasteiger partial charge is 0.426 e. The van der Waals surface area contributed by atoms with E-state index in [1.54, 1.807) is 12.1 Å². The van der Waals surface area contributed by atoms with Crippen LogP contribution in [0.15, 0.2) is 150 Å². The SMILES string of the molecule is Cc1ccc(S(=O)(=O)N(C(=O)OCCO)[C@@H]2O[C@H](COCc3ccccc3)[C@@H](OCc3ccccc3)[C@H](OCc3ccccc3)[C@H]2OCc2ccccc2)cc1. The van der Waals surface area contributed by atoms with Crippen molar-refractivity contribution in [2.24, 2.45) is 0 Å². The van der Waals surface area contributed by atoms with Crippen molar-refractivity contribution in [3.63, 3.8) is 0 Å². The van der Waals surface area contributed by atoms with Crippen molar-refractivity contribution in [3.8, 4) is 0 Å². The summed E-state index contributed by atoms with van der Waals surface area (Å²) in [6, 6.07) is 44.2. The van der Waals surface area contributed by atoms with E-state index < -0.39 is 60.0 Å². The molecule has 1 saturated heterocycles. The first kappa shape index (κ1) is 40.7. The molecule has 0 aliphatic carbocycles. The second-order valence-corrected chi connectivity index (χ2v) is 15.1. The summed E-state index contributed by atoms with van der Waals surface area (Å²) in [5, 5.41) is 9.61. The Kier molecular flexibility index (Phi) is 14.8. The van der Waals surface area contributed by atoms with Gasteiger partial charge in [0.1, 0.15) is 31.0 Å². The van der Waals surface area contributed by atoms with Gasteiger partial charge in [-0.2, -0.15) is 4.31 Å². The van der Waals surface area contributed by atoms with Gasteiger partial charge in [-0.15, -0.1) is 0 Å². The molecule has 0 saturated carbocycles. The largest absolute Gasteiger partial charge is 0.446 e. The van der Waals surface area contributed by atoms with E-state index in [-0.39, 0.29) is 37.9 Å². The predicted molar refractivity (Wildman–Crippen MR) is 208 cm³/mol. The maximum atomic E-state index is 14.7. The summed E-state index contributed by atoms with van der Waals surface area (Å²) in [6.07, 6.45) is -7.04. The quantitative estimate of drug-likeness (QED) is 0.101. The van der Waals surface area contributed by atoms with Crippen molar-refractivity contribution in [3.05, 3.63) is 173 Å². The van der Waals surface area contributed by atoms with Crippen molar-refractivity contribution >= 4 is 16.1 Å². The third kappa shape index (κ3) is 10.9. The highest BCUT2D eigenvalue weighted by atomic mass is 32.2. The Hall–Kier alpha value is -4.92. The number of hydrogen-bond donors (Lipinski definition) is 1. The van der Waals surface area contributed by atoms with E-state index in [0.29, 0.717) is 4.31 Å². The summed E-state index contributed by atoms with van der Waals surface area (Å²) < 4.78 is 68.3. The van der Waals surface area contributed by atoms with Crippen LogP contribution in [0, 0.1) is 6.92 Å². The molecular weight excluding hydrogens is 735 g/mol. The van der Waals surface area contributed by atoms with Gasteiger partial charge in [0.25, 0.3) is 10.0 Å². The summed E-state index contributed by atoms with van der Waals surface area (Å²) in [5.41, 5.74) is 4.26. The van der Waals surface area contributed by atoms with E-state index in [9.17, 15) is 18.3 Å². The predicted octanol–water partition coefficient (Wildman–Crippen LogP) is 6.81. The lowest BCUT2D eigenvalue weighted by Gasteiger charge is -2.48. The zero-order valence-corrected chi connectivity index (χ0v) is 32.0. The molecule has 1 aliphatic heterocycles.